The van der Waals surface area contributed by atoms with E-state index in [0.29, 0.717) is 6.61 Å². The molecule has 0 aliphatic carbocycles. The Balaban J connectivity index is 2.70. The molecular weight excluding hydrogens is 132 g/mol. The summed E-state index contributed by atoms with van der Waals surface area (Å²) in [6, 6.07) is 0. The second-order valence-corrected chi connectivity index (χ2v) is 3.39. The molecule has 0 spiro atoms. The molecule has 1 rings (SSSR count). The molecule has 10 heavy (non-hydrogen) atoms. The molecule has 0 amide bonds. The highest BCUT2D eigenvalue weighted by atomic mass is 16.7. The Hall–Kier alpha value is -0.120. The van der Waals surface area contributed by atoms with E-state index in [0.717, 1.165) is 0 Å². The van der Waals surface area contributed by atoms with Gasteiger partial charge in [-0.1, -0.05) is 0 Å². The van der Waals surface area contributed by atoms with Gasteiger partial charge in [-0.2, -0.15) is 0 Å². The van der Waals surface area contributed by atoms with Crippen LogP contribution in [0.3, 0.4) is 0 Å². The summed E-state index contributed by atoms with van der Waals surface area (Å²) in [7, 11) is 0. The fraction of sp³-hybridized carbons (Fsp3) is 1.00. The molecule has 1 aliphatic heterocycles. The maximum Gasteiger partial charge on any atom is 0.147 e. The number of ether oxygens (including phenoxy) is 2. The predicted molar refractivity (Wildman–Crippen MR) is 36.6 cm³/mol. The van der Waals surface area contributed by atoms with Gasteiger partial charge < -0.3 is 14.6 Å². The Kier molecular flexibility index (Phi) is 1.75. The van der Waals surface area contributed by atoms with Crippen molar-refractivity contribution < 1.29 is 14.6 Å². The highest BCUT2D eigenvalue weighted by Crippen LogP contribution is 2.28. The molecule has 3 nitrogen and oxygen atoms in total. The molecule has 1 saturated heterocycles. The van der Waals surface area contributed by atoms with Crippen molar-refractivity contribution in [3.8, 4) is 0 Å². The van der Waals surface area contributed by atoms with Crippen molar-refractivity contribution in [1.82, 2.24) is 0 Å². The second-order valence-electron chi connectivity index (χ2n) is 3.39. The van der Waals surface area contributed by atoms with Crippen LogP contribution in [0.25, 0.3) is 0 Å². The van der Waals surface area contributed by atoms with Crippen molar-refractivity contribution in [2.75, 3.05) is 13.4 Å². The molecule has 1 N–H and O–H groups in total. The molecule has 1 unspecified atom stereocenters. The van der Waals surface area contributed by atoms with Gasteiger partial charge in [0.15, 0.2) is 0 Å². The Morgan fingerprint density at radius 1 is 1.30 bits per heavy atom. The number of hydrogen-bond donors (Lipinski definition) is 1. The molecule has 60 valence electrons. The summed E-state index contributed by atoms with van der Waals surface area (Å²) >= 11 is 0. The normalized spacial score (nSPS) is 39.6. The molecule has 1 aliphatic rings. The Morgan fingerprint density at radius 3 is 2.20 bits per heavy atom. The topological polar surface area (TPSA) is 38.7 Å². The van der Waals surface area contributed by atoms with E-state index in [-0.39, 0.29) is 6.79 Å². The summed E-state index contributed by atoms with van der Waals surface area (Å²) in [5.74, 6) is 0. The zero-order chi connectivity index (χ0) is 7.83. The van der Waals surface area contributed by atoms with E-state index in [1.165, 1.54) is 0 Å². The summed E-state index contributed by atoms with van der Waals surface area (Å²) in [6.45, 7) is 6.06. The first-order valence-corrected chi connectivity index (χ1v) is 3.40. The van der Waals surface area contributed by atoms with Gasteiger partial charge in [0, 0.05) is 0 Å². The average molecular weight is 146 g/mol. The fourth-order valence-corrected chi connectivity index (χ4v) is 0.759. The van der Waals surface area contributed by atoms with Crippen LogP contribution in [0.4, 0.5) is 0 Å². The van der Waals surface area contributed by atoms with Crippen LogP contribution < -0.4 is 0 Å². The zero-order valence-electron chi connectivity index (χ0n) is 6.68. The summed E-state index contributed by atoms with van der Waals surface area (Å²) < 4.78 is 10.2. The van der Waals surface area contributed by atoms with Crippen LogP contribution in [-0.4, -0.2) is 29.7 Å². The minimum atomic E-state index is -0.870. The van der Waals surface area contributed by atoms with Crippen LogP contribution in [0.2, 0.25) is 0 Å². The zero-order valence-corrected chi connectivity index (χ0v) is 6.68. The summed E-state index contributed by atoms with van der Waals surface area (Å²) in [5.41, 5.74) is -1.36. The highest BCUT2D eigenvalue weighted by molar-refractivity contribution is 4.92. The minimum Gasteiger partial charge on any atom is -0.385 e. The molecule has 0 aromatic heterocycles. The van der Waals surface area contributed by atoms with Crippen molar-refractivity contribution in [3.63, 3.8) is 0 Å². The van der Waals surface area contributed by atoms with Gasteiger partial charge in [-0.25, -0.2) is 0 Å². The molecule has 0 aromatic carbocycles. The lowest BCUT2D eigenvalue weighted by Gasteiger charge is -2.43. The van der Waals surface area contributed by atoms with Gasteiger partial charge in [-0.15, -0.1) is 0 Å². The third-order valence-electron chi connectivity index (χ3n) is 2.18. The largest absolute Gasteiger partial charge is 0.385 e. The van der Waals surface area contributed by atoms with Crippen LogP contribution in [0, 0.1) is 0 Å². The predicted octanol–water partition coefficient (Wildman–Crippen LogP) is 0.520. The van der Waals surface area contributed by atoms with E-state index in [9.17, 15) is 5.11 Å². The van der Waals surface area contributed by atoms with Gasteiger partial charge in [0.05, 0.1) is 12.2 Å². The maximum absolute atomic E-state index is 9.65. The number of hydrogen-bond acceptors (Lipinski definition) is 3. The molecular formula is C7H14O3. The standard InChI is InChI=1S/C7H14O3/c1-6(2)7(3,8)4-9-5-10-6/h8H,4-5H2,1-3H3. The molecule has 0 bridgehead atoms. The molecule has 3 heteroatoms. The van der Waals surface area contributed by atoms with Crippen molar-refractivity contribution in [3.05, 3.63) is 0 Å². The van der Waals surface area contributed by atoms with Gasteiger partial charge >= 0.3 is 0 Å². The number of rotatable bonds is 0. The van der Waals surface area contributed by atoms with Gasteiger partial charge in [0.2, 0.25) is 0 Å². The van der Waals surface area contributed by atoms with E-state index in [2.05, 4.69) is 0 Å². The second kappa shape index (κ2) is 2.19. The van der Waals surface area contributed by atoms with E-state index in [1.807, 2.05) is 13.8 Å². The average Bonchev–Trinajstić information content (AvgIpc) is 1.77. The van der Waals surface area contributed by atoms with Crippen molar-refractivity contribution >= 4 is 0 Å². The van der Waals surface area contributed by atoms with Gasteiger partial charge in [-0.05, 0) is 20.8 Å². The Bertz CT molecular complexity index is 113. The Morgan fingerprint density at radius 2 is 1.90 bits per heavy atom. The first-order valence-electron chi connectivity index (χ1n) is 3.40. The Labute approximate surface area is 60.9 Å². The lowest BCUT2D eigenvalue weighted by atomic mass is 9.88. The smallest absolute Gasteiger partial charge is 0.147 e. The fourth-order valence-electron chi connectivity index (χ4n) is 0.759. The maximum atomic E-state index is 9.65. The third kappa shape index (κ3) is 1.17. The third-order valence-corrected chi connectivity index (χ3v) is 2.18. The van der Waals surface area contributed by atoms with E-state index < -0.39 is 11.2 Å². The summed E-state index contributed by atoms with van der Waals surface area (Å²) in [5, 5.41) is 9.65. The van der Waals surface area contributed by atoms with E-state index in [1.54, 1.807) is 6.92 Å². The van der Waals surface area contributed by atoms with Crippen molar-refractivity contribution in [2.24, 2.45) is 0 Å². The van der Waals surface area contributed by atoms with Gasteiger partial charge in [0.25, 0.3) is 0 Å². The number of aliphatic hydroxyl groups is 1. The molecule has 1 heterocycles. The molecule has 1 fully saturated rings. The van der Waals surface area contributed by atoms with E-state index >= 15 is 0 Å². The van der Waals surface area contributed by atoms with Crippen molar-refractivity contribution in [1.29, 1.82) is 0 Å². The first kappa shape index (κ1) is 7.98. The van der Waals surface area contributed by atoms with Crippen LogP contribution >= 0.6 is 0 Å². The quantitative estimate of drug-likeness (QED) is 0.541. The molecule has 0 saturated carbocycles. The lowest BCUT2D eigenvalue weighted by molar-refractivity contribution is -0.273. The lowest BCUT2D eigenvalue weighted by Crippen LogP contribution is -2.56. The van der Waals surface area contributed by atoms with E-state index in [4.69, 9.17) is 9.47 Å². The summed E-state index contributed by atoms with van der Waals surface area (Å²) in [6.07, 6.45) is 0. The van der Waals surface area contributed by atoms with Crippen LogP contribution in [0.5, 0.6) is 0 Å². The van der Waals surface area contributed by atoms with Gasteiger partial charge in [0.1, 0.15) is 12.4 Å². The molecule has 0 aromatic rings. The molecule has 1 atom stereocenters. The monoisotopic (exact) mass is 146 g/mol. The minimum absolute atomic E-state index is 0.281. The highest BCUT2D eigenvalue weighted by Gasteiger charge is 2.43. The first-order chi connectivity index (χ1) is 4.46. The van der Waals surface area contributed by atoms with Crippen molar-refractivity contribution in [2.45, 2.75) is 32.0 Å². The van der Waals surface area contributed by atoms with Crippen LogP contribution in [0.15, 0.2) is 0 Å². The summed E-state index contributed by atoms with van der Waals surface area (Å²) in [4.78, 5) is 0. The molecule has 0 radical (unpaired) electrons. The van der Waals surface area contributed by atoms with Gasteiger partial charge in [-0.3, -0.25) is 0 Å². The van der Waals surface area contributed by atoms with Crippen LogP contribution in [0.1, 0.15) is 20.8 Å². The van der Waals surface area contributed by atoms with Crippen LogP contribution in [-0.2, 0) is 9.47 Å². The SMILES string of the molecule is CC1(O)COCOC1(C)C.